The van der Waals surface area contributed by atoms with Gasteiger partial charge >= 0.3 is 0 Å². The van der Waals surface area contributed by atoms with Gasteiger partial charge in [-0.1, -0.05) is 19.1 Å². The first-order valence-corrected chi connectivity index (χ1v) is 8.45. The predicted molar refractivity (Wildman–Crippen MR) is 87.8 cm³/mol. The van der Waals surface area contributed by atoms with Crippen LogP contribution in [-0.4, -0.2) is 19.9 Å². The van der Waals surface area contributed by atoms with Gasteiger partial charge in [-0.2, -0.15) is 0 Å². The molecule has 0 fully saturated rings. The number of ether oxygens (including phenoxy) is 1. The maximum atomic E-state index is 5.90. The summed E-state index contributed by atoms with van der Waals surface area (Å²) in [6, 6.07) is 12.7. The SMILES string of the molecule is CCCNC(c1ccc(SC)cc1)c1ccc(COC)o1. The smallest absolute Gasteiger partial charge is 0.129 e. The van der Waals surface area contributed by atoms with Gasteiger partial charge in [-0.15, -0.1) is 11.8 Å². The van der Waals surface area contributed by atoms with Crippen molar-refractivity contribution in [2.24, 2.45) is 0 Å². The second-order valence-electron chi connectivity index (χ2n) is 4.90. The third kappa shape index (κ3) is 4.37. The van der Waals surface area contributed by atoms with Crippen molar-refractivity contribution >= 4 is 11.8 Å². The molecule has 1 atom stereocenters. The van der Waals surface area contributed by atoms with Crippen LogP contribution in [0.2, 0.25) is 0 Å². The van der Waals surface area contributed by atoms with Crippen molar-refractivity contribution in [3.8, 4) is 0 Å². The van der Waals surface area contributed by atoms with Crippen LogP contribution < -0.4 is 5.32 Å². The van der Waals surface area contributed by atoms with Crippen LogP contribution in [0, 0.1) is 0 Å². The van der Waals surface area contributed by atoms with Gasteiger partial charge in [0, 0.05) is 12.0 Å². The van der Waals surface area contributed by atoms with Crippen molar-refractivity contribution in [1.29, 1.82) is 0 Å². The zero-order chi connectivity index (χ0) is 15.1. The number of rotatable bonds is 8. The molecule has 3 nitrogen and oxygen atoms in total. The molecule has 2 aromatic rings. The second-order valence-corrected chi connectivity index (χ2v) is 5.78. The number of hydrogen-bond acceptors (Lipinski definition) is 4. The van der Waals surface area contributed by atoms with E-state index in [2.05, 4.69) is 42.8 Å². The fraction of sp³-hybridized carbons (Fsp3) is 0.412. The molecule has 1 aromatic carbocycles. The largest absolute Gasteiger partial charge is 0.462 e. The molecular weight excluding hydrogens is 282 g/mol. The van der Waals surface area contributed by atoms with E-state index >= 15 is 0 Å². The first kappa shape index (κ1) is 16.1. The van der Waals surface area contributed by atoms with Crippen LogP contribution in [0.5, 0.6) is 0 Å². The molecule has 0 saturated carbocycles. The Balaban J connectivity index is 2.22. The van der Waals surface area contributed by atoms with Crippen LogP contribution in [0.1, 0.15) is 36.5 Å². The van der Waals surface area contributed by atoms with Gasteiger partial charge in [0.05, 0.1) is 6.04 Å². The van der Waals surface area contributed by atoms with Crippen molar-refractivity contribution in [3.63, 3.8) is 0 Å². The number of hydrogen-bond donors (Lipinski definition) is 1. The Morgan fingerprint density at radius 2 is 1.95 bits per heavy atom. The summed E-state index contributed by atoms with van der Waals surface area (Å²) in [6.07, 6.45) is 3.18. The number of furan rings is 1. The van der Waals surface area contributed by atoms with Gasteiger partial charge in [0.2, 0.25) is 0 Å². The lowest BCUT2D eigenvalue weighted by Crippen LogP contribution is -2.22. The van der Waals surface area contributed by atoms with Gasteiger partial charge in [0.25, 0.3) is 0 Å². The predicted octanol–water partition coefficient (Wildman–Crippen LogP) is 4.24. The fourth-order valence-electron chi connectivity index (χ4n) is 2.24. The molecule has 0 aliphatic rings. The number of benzene rings is 1. The molecule has 0 amide bonds. The van der Waals surface area contributed by atoms with E-state index in [1.165, 1.54) is 10.5 Å². The Morgan fingerprint density at radius 1 is 1.19 bits per heavy atom. The summed E-state index contributed by atoms with van der Waals surface area (Å²) in [5.41, 5.74) is 1.22. The molecule has 1 N–H and O–H groups in total. The lowest BCUT2D eigenvalue weighted by molar-refractivity contribution is 0.162. The first-order chi connectivity index (χ1) is 10.3. The fourth-order valence-corrected chi connectivity index (χ4v) is 2.65. The maximum Gasteiger partial charge on any atom is 0.129 e. The van der Waals surface area contributed by atoms with E-state index in [0.29, 0.717) is 6.61 Å². The van der Waals surface area contributed by atoms with Crippen molar-refractivity contribution in [3.05, 3.63) is 53.5 Å². The summed E-state index contributed by atoms with van der Waals surface area (Å²) in [4.78, 5) is 1.27. The van der Waals surface area contributed by atoms with Crippen LogP contribution in [-0.2, 0) is 11.3 Å². The Labute approximate surface area is 131 Å². The summed E-state index contributed by atoms with van der Waals surface area (Å²) in [5.74, 6) is 1.80. The van der Waals surface area contributed by atoms with E-state index in [1.807, 2.05) is 12.1 Å². The van der Waals surface area contributed by atoms with Crippen LogP contribution in [0.15, 0.2) is 45.7 Å². The highest BCUT2D eigenvalue weighted by Crippen LogP contribution is 2.26. The van der Waals surface area contributed by atoms with Crippen molar-refractivity contribution < 1.29 is 9.15 Å². The van der Waals surface area contributed by atoms with Gasteiger partial charge in [0.15, 0.2) is 0 Å². The molecule has 1 heterocycles. The Hall–Kier alpha value is -1.23. The highest BCUT2D eigenvalue weighted by atomic mass is 32.2. The molecule has 0 radical (unpaired) electrons. The lowest BCUT2D eigenvalue weighted by atomic mass is 10.0. The second kappa shape index (κ2) is 8.27. The molecule has 114 valence electrons. The van der Waals surface area contributed by atoms with Gasteiger partial charge in [-0.05, 0) is 49.1 Å². The maximum absolute atomic E-state index is 5.90. The van der Waals surface area contributed by atoms with Gasteiger partial charge in [0.1, 0.15) is 18.1 Å². The summed E-state index contributed by atoms with van der Waals surface area (Å²) < 4.78 is 11.0. The van der Waals surface area contributed by atoms with Crippen LogP contribution >= 0.6 is 11.8 Å². The Bertz CT molecular complexity index is 536. The lowest BCUT2D eigenvalue weighted by Gasteiger charge is -2.17. The number of methoxy groups -OCH3 is 1. The minimum absolute atomic E-state index is 0.0893. The minimum atomic E-state index is 0.0893. The summed E-state index contributed by atoms with van der Waals surface area (Å²) in [7, 11) is 1.68. The third-order valence-electron chi connectivity index (χ3n) is 3.30. The van der Waals surface area contributed by atoms with Crippen molar-refractivity contribution in [2.45, 2.75) is 30.9 Å². The highest BCUT2D eigenvalue weighted by molar-refractivity contribution is 7.98. The molecule has 0 bridgehead atoms. The molecule has 21 heavy (non-hydrogen) atoms. The van der Waals surface area contributed by atoms with Gasteiger partial charge in [-0.25, -0.2) is 0 Å². The van der Waals surface area contributed by atoms with E-state index in [0.717, 1.165) is 24.5 Å². The van der Waals surface area contributed by atoms with Crippen molar-refractivity contribution in [2.75, 3.05) is 19.9 Å². The Morgan fingerprint density at radius 3 is 2.57 bits per heavy atom. The van der Waals surface area contributed by atoms with E-state index < -0.39 is 0 Å². The molecule has 2 rings (SSSR count). The quantitative estimate of drug-likeness (QED) is 0.740. The van der Waals surface area contributed by atoms with E-state index in [-0.39, 0.29) is 6.04 Å². The minimum Gasteiger partial charge on any atom is -0.462 e. The van der Waals surface area contributed by atoms with Gasteiger partial charge in [-0.3, -0.25) is 0 Å². The molecule has 0 saturated heterocycles. The molecule has 4 heteroatoms. The molecule has 0 aliphatic carbocycles. The number of nitrogens with one attached hydrogen (secondary N) is 1. The molecule has 0 spiro atoms. The molecule has 1 unspecified atom stereocenters. The topological polar surface area (TPSA) is 34.4 Å². The summed E-state index contributed by atoms with van der Waals surface area (Å²) >= 11 is 1.75. The molecular formula is C17H23NO2S. The van der Waals surface area contributed by atoms with Gasteiger partial charge < -0.3 is 14.5 Å². The van der Waals surface area contributed by atoms with Crippen molar-refractivity contribution in [1.82, 2.24) is 5.32 Å². The van der Waals surface area contributed by atoms with Crippen LogP contribution in [0.3, 0.4) is 0 Å². The third-order valence-corrected chi connectivity index (χ3v) is 4.04. The zero-order valence-corrected chi connectivity index (χ0v) is 13.7. The summed E-state index contributed by atoms with van der Waals surface area (Å²) in [5, 5.41) is 3.55. The van der Waals surface area contributed by atoms with E-state index in [9.17, 15) is 0 Å². The van der Waals surface area contributed by atoms with E-state index in [4.69, 9.17) is 9.15 Å². The highest BCUT2D eigenvalue weighted by Gasteiger charge is 2.17. The Kier molecular flexibility index (Phi) is 6.36. The molecule has 1 aromatic heterocycles. The number of thioether (sulfide) groups is 1. The average molecular weight is 305 g/mol. The normalized spacial score (nSPS) is 12.5. The average Bonchev–Trinajstić information content (AvgIpc) is 2.97. The first-order valence-electron chi connectivity index (χ1n) is 7.23. The molecule has 0 aliphatic heterocycles. The summed E-state index contributed by atoms with van der Waals surface area (Å²) in [6.45, 7) is 3.63. The zero-order valence-electron chi connectivity index (χ0n) is 12.9. The van der Waals surface area contributed by atoms with E-state index in [1.54, 1.807) is 18.9 Å². The standard InChI is InChI=1S/C17H23NO2S/c1-4-11-18-17(13-5-8-15(21-3)9-6-13)16-10-7-14(20-16)12-19-2/h5-10,17-18H,4,11-12H2,1-3H3. The monoisotopic (exact) mass is 305 g/mol. The van der Waals surface area contributed by atoms with Crippen LogP contribution in [0.25, 0.3) is 0 Å². The van der Waals surface area contributed by atoms with Crippen LogP contribution in [0.4, 0.5) is 0 Å².